The lowest BCUT2D eigenvalue weighted by Crippen LogP contribution is -2.51. The number of hydrogen-bond acceptors (Lipinski definition) is 5. The highest BCUT2D eigenvalue weighted by Crippen LogP contribution is 2.20. The van der Waals surface area contributed by atoms with Crippen LogP contribution in [0.3, 0.4) is 0 Å². The molecule has 1 fully saturated rings. The normalized spacial score (nSPS) is 15.7. The summed E-state index contributed by atoms with van der Waals surface area (Å²) in [5, 5.41) is 7.46. The molecule has 16 heavy (non-hydrogen) atoms. The van der Waals surface area contributed by atoms with Crippen LogP contribution in [0.1, 0.15) is 23.5 Å². The van der Waals surface area contributed by atoms with E-state index < -0.39 is 0 Å². The van der Waals surface area contributed by atoms with Crippen molar-refractivity contribution in [1.82, 2.24) is 19.9 Å². The molecule has 0 bridgehead atoms. The zero-order valence-corrected chi connectivity index (χ0v) is 8.87. The smallest absolute Gasteiger partial charge is 0.409 e. The molecule has 1 saturated heterocycles. The van der Waals surface area contributed by atoms with Crippen molar-refractivity contribution in [3.8, 4) is 0 Å². The van der Waals surface area contributed by atoms with Crippen LogP contribution in [0.2, 0.25) is 0 Å². The van der Waals surface area contributed by atoms with Crippen molar-refractivity contribution in [2.24, 2.45) is 0 Å². The van der Waals surface area contributed by atoms with E-state index in [1.807, 2.05) is 0 Å². The summed E-state index contributed by atoms with van der Waals surface area (Å²) >= 11 is 0. The van der Waals surface area contributed by atoms with Gasteiger partial charge in [0.2, 0.25) is 0 Å². The molecule has 0 atom stereocenters. The van der Waals surface area contributed by atoms with Gasteiger partial charge in [-0.25, -0.2) is 9.48 Å². The number of nitrogens with zero attached hydrogens (tertiary/aromatic N) is 4. The molecule has 1 aromatic heterocycles. The minimum absolute atomic E-state index is 0.0885. The number of carbonyl (C=O) groups is 2. The summed E-state index contributed by atoms with van der Waals surface area (Å²) in [7, 11) is 0. The van der Waals surface area contributed by atoms with E-state index in [0.29, 0.717) is 31.7 Å². The van der Waals surface area contributed by atoms with Crippen LogP contribution in [0.5, 0.6) is 0 Å². The predicted octanol–water partition coefficient (Wildman–Crippen LogP) is 0.104. The van der Waals surface area contributed by atoms with Crippen LogP contribution in [-0.4, -0.2) is 52.0 Å². The Hall–Kier alpha value is -1.92. The van der Waals surface area contributed by atoms with Crippen LogP contribution in [0.4, 0.5) is 4.79 Å². The van der Waals surface area contributed by atoms with Gasteiger partial charge >= 0.3 is 6.09 Å². The van der Waals surface area contributed by atoms with E-state index in [2.05, 4.69) is 10.3 Å². The first-order valence-electron chi connectivity index (χ1n) is 5.03. The molecule has 1 aliphatic rings. The molecule has 0 N–H and O–H groups in total. The van der Waals surface area contributed by atoms with Crippen molar-refractivity contribution in [1.29, 1.82) is 0 Å². The molecule has 86 valence electrons. The molecule has 2 heterocycles. The second kappa shape index (κ2) is 4.30. The average molecular weight is 224 g/mol. The molecule has 0 radical (unpaired) electrons. The lowest BCUT2D eigenvalue weighted by atomic mass is 10.1. The minimum Gasteiger partial charge on any atom is -0.450 e. The summed E-state index contributed by atoms with van der Waals surface area (Å²) in [6.07, 6.45) is 1.90. The molecule has 0 spiro atoms. The van der Waals surface area contributed by atoms with Crippen LogP contribution in [0.15, 0.2) is 6.20 Å². The van der Waals surface area contributed by atoms with Gasteiger partial charge in [0.15, 0.2) is 6.29 Å². The van der Waals surface area contributed by atoms with Crippen LogP contribution in [0.25, 0.3) is 0 Å². The number of aldehydes is 1. The zero-order valence-electron chi connectivity index (χ0n) is 8.87. The predicted molar refractivity (Wildman–Crippen MR) is 53.0 cm³/mol. The van der Waals surface area contributed by atoms with Crippen LogP contribution < -0.4 is 0 Å². The SMILES string of the molecule is CCOC(=O)N1CC(n2cc(C=O)nn2)C1. The van der Waals surface area contributed by atoms with Gasteiger partial charge in [0, 0.05) is 13.1 Å². The molecule has 0 saturated carbocycles. The summed E-state index contributed by atoms with van der Waals surface area (Å²) in [4.78, 5) is 23.3. The maximum atomic E-state index is 11.3. The Morgan fingerprint density at radius 1 is 1.69 bits per heavy atom. The van der Waals surface area contributed by atoms with E-state index >= 15 is 0 Å². The van der Waals surface area contributed by atoms with Crippen LogP contribution in [-0.2, 0) is 4.74 Å². The van der Waals surface area contributed by atoms with E-state index in [-0.39, 0.29) is 12.1 Å². The molecule has 0 aromatic carbocycles. The second-order valence-electron chi connectivity index (χ2n) is 3.50. The third-order valence-electron chi connectivity index (χ3n) is 2.41. The third-order valence-corrected chi connectivity index (χ3v) is 2.41. The monoisotopic (exact) mass is 224 g/mol. The van der Waals surface area contributed by atoms with Gasteiger partial charge in [0.05, 0.1) is 18.8 Å². The van der Waals surface area contributed by atoms with E-state index in [1.165, 1.54) is 0 Å². The summed E-state index contributed by atoms with van der Waals surface area (Å²) < 4.78 is 6.44. The zero-order chi connectivity index (χ0) is 11.5. The Kier molecular flexibility index (Phi) is 2.84. The third kappa shape index (κ3) is 1.88. The number of likely N-dealkylation sites (tertiary alicyclic amines) is 1. The highest BCUT2D eigenvalue weighted by molar-refractivity contribution is 5.70. The van der Waals surface area contributed by atoms with Crippen molar-refractivity contribution in [3.63, 3.8) is 0 Å². The van der Waals surface area contributed by atoms with Crippen LogP contribution >= 0.6 is 0 Å². The van der Waals surface area contributed by atoms with Gasteiger partial charge in [-0.1, -0.05) is 5.21 Å². The van der Waals surface area contributed by atoms with E-state index in [9.17, 15) is 9.59 Å². The molecule has 7 heteroatoms. The molecule has 0 unspecified atom stereocenters. The van der Waals surface area contributed by atoms with Crippen molar-refractivity contribution < 1.29 is 14.3 Å². The summed E-state index contributed by atoms with van der Waals surface area (Å²) in [6.45, 7) is 3.22. The van der Waals surface area contributed by atoms with Crippen LogP contribution in [0, 0.1) is 0 Å². The lowest BCUT2D eigenvalue weighted by Gasteiger charge is -2.37. The lowest BCUT2D eigenvalue weighted by molar-refractivity contribution is 0.0564. The van der Waals surface area contributed by atoms with Gasteiger partial charge in [0.1, 0.15) is 5.69 Å². The Labute approximate surface area is 92.0 Å². The fraction of sp³-hybridized carbons (Fsp3) is 0.556. The maximum absolute atomic E-state index is 11.3. The summed E-state index contributed by atoms with van der Waals surface area (Å²) in [5.74, 6) is 0. The Bertz CT molecular complexity index is 397. The van der Waals surface area contributed by atoms with Gasteiger partial charge < -0.3 is 9.64 Å². The standard InChI is InChI=1S/C9H12N4O3/c1-2-16-9(15)12-4-8(5-12)13-3-7(6-14)10-11-13/h3,6,8H,2,4-5H2,1H3. The number of hydrogen-bond donors (Lipinski definition) is 0. The summed E-state index contributed by atoms with van der Waals surface area (Å²) in [5.41, 5.74) is 0.301. The number of aromatic nitrogens is 3. The van der Waals surface area contributed by atoms with E-state index in [4.69, 9.17) is 4.74 Å². The second-order valence-corrected chi connectivity index (χ2v) is 3.50. The molecule has 2 rings (SSSR count). The first-order chi connectivity index (χ1) is 7.74. The largest absolute Gasteiger partial charge is 0.450 e. The molecule has 0 aliphatic carbocycles. The molecule has 1 amide bonds. The highest BCUT2D eigenvalue weighted by Gasteiger charge is 2.33. The van der Waals surface area contributed by atoms with Crippen molar-refractivity contribution in [3.05, 3.63) is 11.9 Å². The fourth-order valence-corrected chi connectivity index (χ4v) is 1.51. The topological polar surface area (TPSA) is 77.3 Å². The number of carbonyl (C=O) groups excluding carboxylic acids is 2. The van der Waals surface area contributed by atoms with E-state index in [0.717, 1.165) is 0 Å². The Morgan fingerprint density at radius 3 is 3.00 bits per heavy atom. The van der Waals surface area contributed by atoms with Gasteiger partial charge in [0.25, 0.3) is 0 Å². The van der Waals surface area contributed by atoms with E-state index in [1.54, 1.807) is 22.7 Å². The van der Waals surface area contributed by atoms with Gasteiger partial charge in [-0.15, -0.1) is 5.10 Å². The first-order valence-corrected chi connectivity index (χ1v) is 5.03. The Morgan fingerprint density at radius 2 is 2.44 bits per heavy atom. The van der Waals surface area contributed by atoms with Crippen molar-refractivity contribution in [2.45, 2.75) is 13.0 Å². The Balaban J connectivity index is 1.88. The quantitative estimate of drug-likeness (QED) is 0.681. The fourth-order valence-electron chi connectivity index (χ4n) is 1.51. The molecular formula is C9H12N4O3. The van der Waals surface area contributed by atoms with Gasteiger partial charge in [-0.2, -0.15) is 0 Å². The van der Waals surface area contributed by atoms with Crippen molar-refractivity contribution >= 4 is 12.4 Å². The number of ether oxygens (including phenoxy) is 1. The molecular weight excluding hydrogens is 212 g/mol. The molecule has 1 aromatic rings. The van der Waals surface area contributed by atoms with Crippen molar-refractivity contribution in [2.75, 3.05) is 19.7 Å². The number of rotatable bonds is 3. The highest BCUT2D eigenvalue weighted by atomic mass is 16.6. The first kappa shape index (κ1) is 10.6. The number of amides is 1. The maximum Gasteiger partial charge on any atom is 0.409 e. The molecule has 1 aliphatic heterocycles. The van der Waals surface area contributed by atoms with Gasteiger partial charge in [-0.05, 0) is 6.92 Å². The summed E-state index contributed by atoms with van der Waals surface area (Å²) in [6, 6.07) is 0.0885. The average Bonchev–Trinajstić information content (AvgIpc) is 2.64. The van der Waals surface area contributed by atoms with Gasteiger partial charge in [-0.3, -0.25) is 4.79 Å². The minimum atomic E-state index is -0.311. The molecule has 7 nitrogen and oxygen atoms in total.